The summed E-state index contributed by atoms with van der Waals surface area (Å²) in [7, 11) is 0. The molecule has 3 aliphatic rings. The van der Waals surface area contributed by atoms with E-state index in [9.17, 15) is 4.79 Å². The second-order valence-corrected chi connectivity index (χ2v) is 4.29. The molecule has 0 saturated carbocycles. The van der Waals surface area contributed by atoms with Gasteiger partial charge in [0.05, 0.1) is 0 Å². The molecule has 1 fully saturated rings. The fraction of sp³-hybridized carbons (Fsp3) is 0.545. The standard InChI is InChI=1S/C11H13NO/c1-7-10-5-9(13)4-8(11(7)10)6-12-2-3-12/h8H,1-6H2. The number of hydrogen-bond donors (Lipinski definition) is 0. The summed E-state index contributed by atoms with van der Waals surface area (Å²) in [6, 6.07) is 0. The van der Waals surface area contributed by atoms with Crippen LogP contribution in [0.3, 0.4) is 0 Å². The molecule has 0 spiro atoms. The number of nitrogens with zero attached hydrogens (tertiary/aromatic N) is 1. The Labute approximate surface area is 77.9 Å². The van der Waals surface area contributed by atoms with Crippen LogP contribution in [0.2, 0.25) is 0 Å². The highest BCUT2D eigenvalue weighted by atomic mass is 16.1. The Bertz CT molecular complexity index is 336. The molecule has 0 radical (unpaired) electrons. The van der Waals surface area contributed by atoms with Gasteiger partial charge in [0.1, 0.15) is 5.78 Å². The van der Waals surface area contributed by atoms with Crippen LogP contribution in [0.25, 0.3) is 0 Å². The van der Waals surface area contributed by atoms with E-state index in [-0.39, 0.29) is 0 Å². The van der Waals surface area contributed by atoms with Crippen molar-refractivity contribution in [2.75, 3.05) is 19.6 Å². The van der Waals surface area contributed by atoms with Gasteiger partial charge < -0.3 is 4.90 Å². The van der Waals surface area contributed by atoms with Crippen molar-refractivity contribution < 1.29 is 4.79 Å². The summed E-state index contributed by atoms with van der Waals surface area (Å²) in [5, 5.41) is 0. The third kappa shape index (κ3) is 1.17. The molecule has 0 amide bonds. The molecule has 0 aromatic rings. The number of ketones is 1. The molecular formula is C11H13NO. The minimum absolute atomic E-state index is 0.407. The molecule has 0 aromatic heterocycles. The highest BCUT2D eigenvalue weighted by Gasteiger charge is 2.41. The smallest absolute Gasteiger partial charge is 0.137 e. The van der Waals surface area contributed by atoms with Crippen molar-refractivity contribution in [3.8, 4) is 0 Å². The molecule has 13 heavy (non-hydrogen) atoms. The van der Waals surface area contributed by atoms with Crippen LogP contribution < -0.4 is 0 Å². The zero-order valence-corrected chi connectivity index (χ0v) is 7.68. The van der Waals surface area contributed by atoms with Crippen molar-refractivity contribution in [3.63, 3.8) is 0 Å². The van der Waals surface area contributed by atoms with E-state index in [1.807, 2.05) is 0 Å². The maximum Gasteiger partial charge on any atom is 0.137 e. The van der Waals surface area contributed by atoms with Crippen LogP contribution >= 0.6 is 0 Å². The second kappa shape index (κ2) is 2.32. The summed E-state index contributed by atoms with van der Waals surface area (Å²) < 4.78 is 0. The lowest BCUT2D eigenvalue weighted by molar-refractivity contribution is -0.119. The summed E-state index contributed by atoms with van der Waals surface area (Å²) in [5.41, 5.74) is 3.91. The van der Waals surface area contributed by atoms with Gasteiger partial charge in [-0.3, -0.25) is 4.79 Å². The van der Waals surface area contributed by atoms with Crippen molar-refractivity contribution in [2.24, 2.45) is 5.92 Å². The van der Waals surface area contributed by atoms with E-state index in [0.29, 0.717) is 18.1 Å². The van der Waals surface area contributed by atoms with Gasteiger partial charge >= 0.3 is 0 Å². The quantitative estimate of drug-likeness (QED) is 0.587. The van der Waals surface area contributed by atoms with Gasteiger partial charge in [-0.2, -0.15) is 0 Å². The number of carbonyl (C=O) groups excluding carboxylic acids is 1. The molecule has 68 valence electrons. The number of rotatable bonds is 2. The third-order valence-electron chi connectivity index (χ3n) is 3.23. The molecule has 1 aliphatic heterocycles. The predicted molar refractivity (Wildman–Crippen MR) is 50.3 cm³/mol. The lowest BCUT2D eigenvalue weighted by Gasteiger charge is -2.14. The van der Waals surface area contributed by atoms with Gasteiger partial charge in [-0.15, -0.1) is 0 Å². The largest absolute Gasteiger partial charge is 0.300 e. The minimum Gasteiger partial charge on any atom is -0.300 e. The molecule has 0 aromatic carbocycles. The van der Waals surface area contributed by atoms with Crippen LogP contribution in [0, 0.1) is 5.92 Å². The zero-order valence-electron chi connectivity index (χ0n) is 7.68. The van der Waals surface area contributed by atoms with Crippen LogP contribution in [0.1, 0.15) is 12.8 Å². The monoisotopic (exact) mass is 175 g/mol. The average molecular weight is 175 g/mol. The molecule has 2 nitrogen and oxygen atoms in total. The van der Waals surface area contributed by atoms with E-state index in [1.165, 1.54) is 29.8 Å². The maximum atomic E-state index is 11.4. The first-order valence-corrected chi connectivity index (χ1v) is 4.92. The van der Waals surface area contributed by atoms with Crippen LogP contribution in [-0.4, -0.2) is 30.3 Å². The Morgan fingerprint density at radius 1 is 1.46 bits per heavy atom. The molecule has 1 saturated heterocycles. The van der Waals surface area contributed by atoms with Gasteiger partial charge in [-0.25, -0.2) is 0 Å². The van der Waals surface area contributed by atoms with E-state index >= 15 is 0 Å². The Morgan fingerprint density at radius 2 is 2.23 bits per heavy atom. The van der Waals surface area contributed by atoms with Gasteiger partial charge in [0, 0.05) is 38.4 Å². The van der Waals surface area contributed by atoms with Crippen molar-refractivity contribution in [2.45, 2.75) is 12.8 Å². The minimum atomic E-state index is 0.407. The molecule has 3 rings (SSSR count). The van der Waals surface area contributed by atoms with Crippen LogP contribution in [0.5, 0.6) is 0 Å². The summed E-state index contributed by atoms with van der Waals surface area (Å²) >= 11 is 0. The summed E-state index contributed by atoms with van der Waals surface area (Å²) in [6.45, 7) is 7.51. The SMILES string of the molecule is C=C1C2=C1C(CN1CC1)CC(=O)C2. The number of carbonyl (C=O) groups is 1. The molecule has 2 aliphatic carbocycles. The van der Waals surface area contributed by atoms with Gasteiger partial charge in [0.15, 0.2) is 0 Å². The Kier molecular flexibility index (Phi) is 1.34. The van der Waals surface area contributed by atoms with Gasteiger partial charge in [-0.1, -0.05) is 6.58 Å². The van der Waals surface area contributed by atoms with Crippen LogP contribution in [-0.2, 0) is 4.79 Å². The lowest BCUT2D eigenvalue weighted by atomic mass is 9.94. The summed E-state index contributed by atoms with van der Waals surface area (Å²) in [5.74, 6) is 0.899. The Balaban J connectivity index is 1.78. The third-order valence-corrected chi connectivity index (χ3v) is 3.23. The average Bonchev–Trinajstić information content (AvgIpc) is 2.93. The second-order valence-electron chi connectivity index (χ2n) is 4.29. The first-order chi connectivity index (χ1) is 6.25. The molecule has 1 heterocycles. The van der Waals surface area contributed by atoms with Gasteiger partial charge in [0.2, 0.25) is 0 Å². The molecule has 0 bridgehead atoms. The number of allylic oxidation sites excluding steroid dienone is 2. The molecule has 0 N–H and O–H groups in total. The van der Waals surface area contributed by atoms with E-state index in [2.05, 4.69) is 11.5 Å². The highest BCUT2D eigenvalue weighted by Crippen LogP contribution is 2.49. The molecule has 1 unspecified atom stereocenters. The van der Waals surface area contributed by atoms with Crippen molar-refractivity contribution in [3.05, 3.63) is 23.3 Å². The van der Waals surface area contributed by atoms with Crippen LogP contribution in [0.15, 0.2) is 23.3 Å². The first kappa shape index (κ1) is 7.51. The van der Waals surface area contributed by atoms with Gasteiger partial charge in [0.25, 0.3) is 0 Å². The first-order valence-electron chi connectivity index (χ1n) is 4.92. The van der Waals surface area contributed by atoms with E-state index in [4.69, 9.17) is 0 Å². The van der Waals surface area contributed by atoms with Gasteiger partial charge in [-0.05, 0) is 16.7 Å². The molecular weight excluding hydrogens is 162 g/mol. The molecule has 2 heteroatoms. The number of hydrogen-bond acceptors (Lipinski definition) is 2. The molecule has 1 atom stereocenters. The zero-order chi connectivity index (χ0) is 9.00. The normalized spacial score (nSPS) is 32.2. The Hall–Kier alpha value is -0.890. The van der Waals surface area contributed by atoms with E-state index in [0.717, 1.165) is 13.0 Å². The topological polar surface area (TPSA) is 20.1 Å². The van der Waals surface area contributed by atoms with Crippen molar-refractivity contribution >= 4 is 5.78 Å². The van der Waals surface area contributed by atoms with Crippen molar-refractivity contribution in [1.29, 1.82) is 0 Å². The van der Waals surface area contributed by atoms with Crippen molar-refractivity contribution in [1.82, 2.24) is 4.90 Å². The highest BCUT2D eigenvalue weighted by molar-refractivity contribution is 5.90. The van der Waals surface area contributed by atoms with Crippen LogP contribution in [0.4, 0.5) is 0 Å². The predicted octanol–water partition coefficient (Wildman–Crippen LogP) is 1.15. The summed E-state index contributed by atoms with van der Waals surface area (Å²) in [4.78, 5) is 13.8. The lowest BCUT2D eigenvalue weighted by Crippen LogP contribution is -2.18. The summed E-state index contributed by atoms with van der Waals surface area (Å²) in [6.07, 6.45) is 1.43. The van der Waals surface area contributed by atoms with E-state index < -0.39 is 0 Å². The maximum absolute atomic E-state index is 11.4. The number of Topliss-reactive ketones (excluding diaryl/α,β-unsaturated/α-hetero) is 1. The van der Waals surface area contributed by atoms with E-state index in [1.54, 1.807) is 0 Å². The Morgan fingerprint density at radius 3 is 2.92 bits per heavy atom. The fourth-order valence-electron chi connectivity index (χ4n) is 2.35. The fourth-order valence-corrected chi connectivity index (χ4v) is 2.35.